The van der Waals surface area contributed by atoms with Crippen LogP contribution in [-0.4, -0.2) is 15.9 Å². The van der Waals surface area contributed by atoms with Crippen LogP contribution in [0.1, 0.15) is 22.8 Å². The summed E-state index contributed by atoms with van der Waals surface area (Å²) in [6.45, 7) is 2.01. The van der Waals surface area contributed by atoms with Gasteiger partial charge in [0.2, 0.25) is 5.56 Å². The first-order valence-corrected chi connectivity index (χ1v) is 8.18. The molecule has 0 saturated heterocycles. The van der Waals surface area contributed by atoms with Crippen LogP contribution in [0.5, 0.6) is 0 Å². The zero-order valence-electron chi connectivity index (χ0n) is 13.7. The number of aryl methyl sites for hydroxylation is 1. The van der Waals surface area contributed by atoms with E-state index in [1.165, 1.54) is 0 Å². The Balaban J connectivity index is 1.67. The van der Waals surface area contributed by atoms with Crippen molar-refractivity contribution in [3.63, 3.8) is 0 Å². The molecule has 0 aliphatic heterocycles. The fourth-order valence-corrected chi connectivity index (χ4v) is 3.10. The van der Waals surface area contributed by atoms with E-state index in [-0.39, 0.29) is 11.5 Å². The molecular weight excluding hydrogens is 314 g/mol. The Morgan fingerprint density at radius 1 is 1.04 bits per heavy atom. The normalized spacial score (nSPS) is 11.1. The molecule has 124 valence electrons. The molecule has 4 rings (SSSR count). The van der Waals surface area contributed by atoms with Crippen LogP contribution in [0.4, 0.5) is 5.69 Å². The van der Waals surface area contributed by atoms with Gasteiger partial charge in [-0.2, -0.15) is 0 Å². The predicted molar refractivity (Wildman–Crippen MR) is 100 cm³/mol. The minimum atomic E-state index is -0.184. The summed E-state index contributed by atoms with van der Waals surface area (Å²) in [5.74, 6) is -0.184. The van der Waals surface area contributed by atoms with E-state index in [9.17, 15) is 9.59 Å². The van der Waals surface area contributed by atoms with Gasteiger partial charge in [-0.05, 0) is 48.4 Å². The molecule has 0 fully saturated rings. The second kappa shape index (κ2) is 5.94. The SMILES string of the molecule is CCc1cc(=O)[nH]c2cc(NC(=O)c3ccc4[nH]ccc4c3)ccc12. The molecule has 0 atom stereocenters. The highest BCUT2D eigenvalue weighted by Crippen LogP contribution is 2.21. The van der Waals surface area contributed by atoms with Gasteiger partial charge in [0.25, 0.3) is 5.91 Å². The Morgan fingerprint density at radius 2 is 1.92 bits per heavy atom. The number of H-pyrrole nitrogens is 2. The minimum absolute atomic E-state index is 0.134. The summed E-state index contributed by atoms with van der Waals surface area (Å²) in [4.78, 5) is 30.2. The number of fused-ring (bicyclic) bond motifs is 2. The highest BCUT2D eigenvalue weighted by molar-refractivity contribution is 6.07. The first-order chi connectivity index (χ1) is 12.1. The van der Waals surface area contributed by atoms with Crippen molar-refractivity contribution >= 4 is 33.4 Å². The lowest BCUT2D eigenvalue weighted by atomic mass is 10.1. The standard InChI is InChI=1S/C20H17N3O2/c1-2-12-10-19(24)23-18-11-15(4-5-16(12)18)22-20(25)14-3-6-17-13(9-14)7-8-21-17/h3-11,21H,2H2,1H3,(H,22,25)(H,23,24). The number of anilines is 1. The van der Waals surface area contributed by atoms with Crippen molar-refractivity contribution in [2.45, 2.75) is 13.3 Å². The summed E-state index contributed by atoms with van der Waals surface area (Å²) in [5, 5.41) is 4.88. The van der Waals surface area contributed by atoms with E-state index in [0.717, 1.165) is 33.8 Å². The largest absolute Gasteiger partial charge is 0.361 e. The maximum atomic E-state index is 12.5. The summed E-state index contributed by atoms with van der Waals surface area (Å²) in [5.41, 5.74) is 3.81. The third-order valence-electron chi connectivity index (χ3n) is 4.38. The number of benzene rings is 2. The molecule has 0 unspecified atom stereocenters. The molecule has 0 spiro atoms. The summed E-state index contributed by atoms with van der Waals surface area (Å²) >= 11 is 0. The van der Waals surface area contributed by atoms with Gasteiger partial charge in [0.05, 0.1) is 5.52 Å². The lowest BCUT2D eigenvalue weighted by molar-refractivity contribution is 0.102. The lowest BCUT2D eigenvalue weighted by Crippen LogP contribution is -2.12. The van der Waals surface area contributed by atoms with Gasteiger partial charge in [0, 0.05) is 39.8 Å². The average Bonchev–Trinajstić information content (AvgIpc) is 3.08. The lowest BCUT2D eigenvalue weighted by Gasteiger charge is -2.09. The van der Waals surface area contributed by atoms with E-state index < -0.39 is 0 Å². The summed E-state index contributed by atoms with van der Waals surface area (Å²) in [7, 11) is 0. The number of pyridine rings is 1. The molecule has 0 bridgehead atoms. The molecule has 5 heteroatoms. The maximum absolute atomic E-state index is 12.5. The van der Waals surface area contributed by atoms with Gasteiger partial charge in [-0.15, -0.1) is 0 Å². The van der Waals surface area contributed by atoms with E-state index >= 15 is 0 Å². The highest BCUT2D eigenvalue weighted by atomic mass is 16.1. The number of carbonyl (C=O) groups excluding carboxylic acids is 1. The summed E-state index contributed by atoms with van der Waals surface area (Å²) in [6, 6.07) is 14.6. The average molecular weight is 331 g/mol. The van der Waals surface area contributed by atoms with Crippen LogP contribution >= 0.6 is 0 Å². The van der Waals surface area contributed by atoms with Crippen molar-refractivity contribution in [3.05, 3.63) is 76.2 Å². The van der Waals surface area contributed by atoms with Gasteiger partial charge >= 0.3 is 0 Å². The highest BCUT2D eigenvalue weighted by Gasteiger charge is 2.09. The van der Waals surface area contributed by atoms with Crippen molar-refractivity contribution in [3.8, 4) is 0 Å². The Kier molecular flexibility index (Phi) is 3.61. The molecule has 0 aliphatic carbocycles. The van der Waals surface area contributed by atoms with Crippen LogP contribution in [0.25, 0.3) is 21.8 Å². The molecule has 2 aromatic heterocycles. The Hall–Kier alpha value is -3.34. The molecule has 4 aromatic rings. The first-order valence-electron chi connectivity index (χ1n) is 8.18. The van der Waals surface area contributed by atoms with Crippen LogP contribution in [0.3, 0.4) is 0 Å². The summed E-state index contributed by atoms with van der Waals surface area (Å²) < 4.78 is 0. The molecule has 0 aliphatic rings. The zero-order chi connectivity index (χ0) is 17.4. The van der Waals surface area contributed by atoms with Gasteiger partial charge in [0.1, 0.15) is 0 Å². The number of aromatic amines is 2. The molecular formula is C20H17N3O2. The first kappa shape index (κ1) is 15.2. The number of carbonyl (C=O) groups is 1. The van der Waals surface area contributed by atoms with Gasteiger partial charge in [0.15, 0.2) is 0 Å². The van der Waals surface area contributed by atoms with Crippen molar-refractivity contribution in [1.82, 2.24) is 9.97 Å². The Labute approximate surface area is 143 Å². The van der Waals surface area contributed by atoms with E-state index in [1.807, 2.05) is 43.5 Å². The molecule has 25 heavy (non-hydrogen) atoms. The maximum Gasteiger partial charge on any atom is 0.255 e. The third-order valence-corrected chi connectivity index (χ3v) is 4.38. The molecule has 2 heterocycles. The van der Waals surface area contributed by atoms with Crippen molar-refractivity contribution < 1.29 is 4.79 Å². The second-order valence-electron chi connectivity index (χ2n) is 6.01. The van der Waals surface area contributed by atoms with Crippen LogP contribution in [0.2, 0.25) is 0 Å². The molecule has 0 radical (unpaired) electrons. The van der Waals surface area contributed by atoms with Gasteiger partial charge in [-0.1, -0.05) is 13.0 Å². The molecule has 2 aromatic carbocycles. The van der Waals surface area contributed by atoms with E-state index in [4.69, 9.17) is 0 Å². The van der Waals surface area contributed by atoms with E-state index in [2.05, 4.69) is 15.3 Å². The van der Waals surface area contributed by atoms with Crippen molar-refractivity contribution in [2.75, 3.05) is 5.32 Å². The number of nitrogens with one attached hydrogen (secondary N) is 3. The van der Waals surface area contributed by atoms with Crippen LogP contribution < -0.4 is 10.9 Å². The Bertz CT molecular complexity index is 1150. The van der Waals surface area contributed by atoms with Crippen LogP contribution in [0, 0.1) is 0 Å². The second-order valence-corrected chi connectivity index (χ2v) is 6.01. The zero-order valence-corrected chi connectivity index (χ0v) is 13.7. The number of hydrogen-bond donors (Lipinski definition) is 3. The van der Waals surface area contributed by atoms with Crippen LogP contribution in [0.15, 0.2) is 59.5 Å². The van der Waals surface area contributed by atoms with Gasteiger partial charge < -0.3 is 15.3 Å². The third kappa shape index (κ3) is 2.80. The number of rotatable bonds is 3. The summed E-state index contributed by atoms with van der Waals surface area (Å²) in [6.07, 6.45) is 2.63. The number of amides is 1. The topological polar surface area (TPSA) is 77.8 Å². The molecule has 0 saturated carbocycles. The molecule has 3 N–H and O–H groups in total. The quantitative estimate of drug-likeness (QED) is 0.533. The van der Waals surface area contributed by atoms with Crippen molar-refractivity contribution in [2.24, 2.45) is 0 Å². The monoisotopic (exact) mass is 331 g/mol. The molecule has 1 amide bonds. The van der Waals surface area contributed by atoms with E-state index in [1.54, 1.807) is 18.2 Å². The smallest absolute Gasteiger partial charge is 0.255 e. The van der Waals surface area contributed by atoms with Crippen LogP contribution in [-0.2, 0) is 6.42 Å². The fourth-order valence-electron chi connectivity index (χ4n) is 3.10. The Morgan fingerprint density at radius 3 is 2.76 bits per heavy atom. The van der Waals surface area contributed by atoms with Crippen molar-refractivity contribution in [1.29, 1.82) is 0 Å². The van der Waals surface area contributed by atoms with Gasteiger partial charge in [-0.3, -0.25) is 9.59 Å². The number of aromatic nitrogens is 2. The fraction of sp³-hybridized carbons (Fsp3) is 0.100. The molecule has 5 nitrogen and oxygen atoms in total. The minimum Gasteiger partial charge on any atom is -0.361 e. The predicted octanol–water partition coefficient (Wildman–Crippen LogP) is 3.82. The van der Waals surface area contributed by atoms with E-state index in [0.29, 0.717) is 11.3 Å². The van der Waals surface area contributed by atoms with Gasteiger partial charge in [-0.25, -0.2) is 0 Å². The number of hydrogen-bond acceptors (Lipinski definition) is 2.